The van der Waals surface area contributed by atoms with Crippen molar-refractivity contribution in [1.82, 2.24) is 0 Å². The van der Waals surface area contributed by atoms with Crippen LogP contribution in [0.25, 0.3) is 0 Å². The molecule has 3 nitrogen and oxygen atoms in total. The zero-order valence-corrected chi connectivity index (χ0v) is 10.9. The summed E-state index contributed by atoms with van der Waals surface area (Å²) in [6.07, 6.45) is 0.736. The Balaban J connectivity index is 2.13. The van der Waals surface area contributed by atoms with Crippen LogP contribution in [-0.2, 0) is 0 Å². The fourth-order valence-electron chi connectivity index (χ4n) is 1.40. The molecule has 18 heavy (non-hydrogen) atoms. The van der Waals surface area contributed by atoms with Gasteiger partial charge in [-0.3, -0.25) is 4.79 Å². The maximum atomic E-state index is 11.8. The first kappa shape index (κ1) is 12.5. The van der Waals surface area contributed by atoms with Crippen LogP contribution in [0.15, 0.2) is 53.0 Å². The van der Waals surface area contributed by atoms with Gasteiger partial charge in [0.15, 0.2) is 0 Å². The minimum Gasteiger partial charge on any atom is -0.423 e. The molecule has 0 unspecified atom stereocenters. The first-order chi connectivity index (χ1) is 8.69. The molecule has 0 aliphatic carbocycles. The number of carbonyl (C=O) groups is 2. The minimum absolute atomic E-state index is 0.408. The third kappa shape index (κ3) is 3.05. The number of rotatable bonds is 3. The Morgan fingerprint density at radius 2 is 1.83 bits per heavy atom. The van der Waals surface area contributed by atoms with Gasteiger partial charge in [0.05, 0.1) is 5.56 Å². The molecule has 0 aromatic heterocycles. The Labute approximate surface area is 113 Å². The monoisotopic (exact) mass is 304 g/mol. The number of esters is 1. The molecule has 0 radical (unpaired) electrons. The van der Waals surface area contributed by atoms with Gasteiger partial charge in [0.2, 0.25) is 0 Å². The second-order valence-electron chi connectivity index (χ2n) is 3.59. The lowest BCUT2D eigenvalue weighted by Crippen LogP contribution is -2.08. The molecule has 0 saturated carbocycles. The van der Waals surface area contributed by atoms with Gasteiger partial charge in [-0.05, 0) is 42.5 Å². The predicted octanol–water partition coefficient (Wildman–Crippen LogP) is 3.48. The van der Waals surface area contributed by atoms with Gasteiger partial charge in [0.25, 0.3) is 0 Å². The van der Waals surface area contributed by atoms with Crippen LogP contribution in [-0.4, -0.2) is 12.3 Å². The molecule has 0 aliphatic rings. The lowest BCUT2D eigenvalue weighted by atomic mass is 10.2. The van der Waals surface area contributed by atoms with Crippen LogP contribution in [0, 0.1) is 0 Å². The Bertz CT molecular complexity index is 576. The third-order valence-electron chi connectivity index (χ3n) is 2.29. The van der Waals surface area contributed by atoms with Crippen LogP contribution in [0.3, 0.4) is 0 Å². The second kappa shape index (κ2) is 5.60. The fraction of sp³-hybridized carbons (Fsp3) is 0. The van der Waals surface area contributed by atoms with Gasteiger partial charge < -0.3 is 4.74 Å². The van der Waals surface area contributed by atoms with E-state index in [0.29, 0.717) is 16.9 Å². The molecule has 90 valence electrons. The zero-order chi connectivity index (χ0) is 13.0. The molecule has 2 aromatic rings. The molecule has 0 aliphatic heterocycles. The normalized spacial score (nSPS) is 9.83. The SMILES string of the molecule is O=Cc1ccc(OC(=O)c2cccc(Br)c2)cc1. The highest BCUT2D eigenvalue weighted by molar-refractivity contribution is 9.10. The number of aldehydes is 1. The average molecular weight is 305 g/mol. The smallest absolute Gasteiger partial charge is 0.343 e. The van der Waals surface area contributed by atoms with E-state index >= 15 is 0 Å². The van der Waals surface area contributed by atoms with Gasteiger partial charge in [-0.2, -0.15) is 0 Å². The topological polar surface area (TPSA) is 43.4 Å². The quantitative estimate of drug-likeness (QED) is 0.495. The lowest BCUT2D eigenvalue weighted by Gasteiger charge is -2.04. The van der Waals surface area contributed by atoms with E-state index in [4.69, 9.17) is 4.74 Å². The molecule has 0 fully saturated rings. The van der Waals surface area contributed by atoms with Crippen LogP contribution in [0.2, 0.25) is 0 Å². The van der Waals surface area contributed by atoms with Crippen LogP contribution < -0.4 is 4.74 Å². The molecule has 0 atom stereocenters. The molecule has 0 heterocycles. The Morgan fingerprint density at radius 3 is 2.44 bits per heavy atom. The van der Waals surface area contributed by atoms with Gasteiger partial charge in [-0.25, -0.2) is 4.79 Å². The summed E-state index contributed by atoms with van der Waals surface area (Å²) in [6.45, 7) is 0. The fourth-order valence-corrected chi connectivity index (χ4v) is 1.80. The van der Waals surface area contributed by atoms with Crippen molar-refractivity contribution < 1.29 is 14.3 Å². The zero-order valence-electron chi connectivity index (χ0n) is 9.30. The number of hydrogen-bond donors (Lipinski definition) is 0. The maximum Gasteiger partial charge on any atom is 0.343 e. The van der Waals surface area contributed by atoms with Gasteiger partial charge in [0.1, 0.15) is 12.0 Å². The Kier molecular flexibility index (Phi) is 3.89. The first-order valence-electron chi connectivity index (χ1n) is 5.22. The van der Waals surface area contributed by atoms with Gasteiger partial charge >= 0.3 is 5.97 Å². The molecule has 0 bridgehead atoms. The lowest BCUT2D eigenvalue weighted by molar-refractivity contribution is 0.0734. The van der Waals surface area contributed by atoms with Crippen LogP contribution >= 0.6 is 15.9 Å². The summed E-state index contributed by atoms with van der Waals surface area (Å²) in [7, 11) is 0. The highest BCUT2D eigenvalue weighted by Gasteiger charge is 2.08. The molecule has 4 heteroatoms. The standard InChI is InChI=1S/C14H9BrO3/c15-12-3-1-2-11(8-12)14(17)18-13-6-4-10(9-16)5-7-13/h1-9H. The van der Waals surface area contributed by atoms with Crippen LogP contribution in [0.1, 0.15) is 20.7 Å². The molecule has 2 aromatic carbocycles. The number of ether oxygens (including phenoxy) is 1. The Morgan fingerprint density at radius 1 is 1.11 bits per heavy atom. The summed E-state index contributed by atoms with van der Waals surface area (Å²) in [5, 5.41) is 0. The molecule has 0 amide bonds. The van der Waals surface area contributed by atoms with Crippen LogP contribution in [0.5, 0.6) is 5.75 Å². The van der Waals surface area contributed by atoms with Crippen molar-refractivity contribution in [3.8, 4) is 5.75 Å². The molecule has 0 N–H and O–H groups in total. The van der Waals surface area contributed by atoms with E-state index < -0.39 is 5.97 Å². The van der Waals surface area contributed by atoms with E-state index in [-0.39, 0.29) is 0 Å². The predicted molar refractivity (Wildman–Crippen MR) is 70.9 cm³/mol. The van der Waals surface area contributed by atoms with Gasteiger partial charge in [-0.15, -0.1) is 0 Å². The van der Waals surface area contributed by atoms with E-state index in [1.807, 2.05) is 6.07 Å². The molecule has 2 rings (SSSR count). The molecule has 0 saturated heterocycles. The van der Waals surface area contributed by atoms with Crippen molar-refractivity contribution in [2.45, 2.75) is 0 Å². The molecular formula is C14H9BrO3. The molecule has 0 spiro atoms. The largest absolute Gasteiger partial charge is 0.423 e. The second-order valence-corrected chi connectivity index (χ2v) is 4.50. The van der Waals surface area contributed by atoms with Crippen molar-refractivity contribution in [3.63, 3.8) is 0 Å². The van der Waals surface area contributed by atoms with Crippen molar-refractivity contribution in [2.24, 2.45) is 0 Å². The maximum absolute atomic E-state index is 11.8. The number of benzene rings is 2. The van der Waals surface area contributed by atoms with Crippen molar-refractivity contribution in [1.29, 1.82) is 0 Å². The van der Waals surface area contributed by atoms with Crippen molar-refractivity contribution >= 4 is 28.2 Å². The Hall–Kier alpha value is -1.94. The van der Waals surface area contributed by atoms with E-state index in [1.54, 1.807) is 42.5 Å². The summed E-state index contributed by atoms with van der Waals surface area (Å²) < 4.78 is 5.99. The van der Waals surface area contributed by atoms with E-state index in [9.17, 15) is 9.59 Å². The number of hydrogen-bond acceptors (Lipinski definition) is 3. The highest BCUT2D eigenvalue weighted by Crippen LogP contribution is 2.16. The average Bonchev–Trinajstić information content (AvgIpc) is 2.39. The minimum atomic E-state index is -0.435. The number of carbonyl (C=O) groups excluding carboxylic acids is 2. The summed E-state index contributed by atoms with van der Waals surface area (Å²) >= 11 is 3.29. The third-order valence-corrected chi connectivity index (χ3v) is 2.78. The highest BCUT2D eigenvalue weighted by atomic mass is 79.9. The van der Waals surface area contributed by atoms with E-state index in [2.05, 4.69) is 15.9 Å². The number of halogens is 1. The van der Waals surface area contributed by atoms with E-state index in [1.165, 1.54) is 0 Å². The van der Waals surface area contributed by atoms with Gasteiger partial charge in [-0.1, -0.05) is 22.0 Å². The summed E-state index contributed by atoms with van der Waals surface area (Å²) in [5.74, 6) is -0.0271. The summed E-state index contributed by atoms with van der Waals surface area (Å²) in [4.78, 5) is 22.3. The first-order valence-corrected chi connectivity index (χ1v) is 6.01. The van der Waals surface area contributed by atoms with Crippen molar-refractivity contribution in [2.75, 3.05) is 0 Å². The van der Waals surface area contributed by atoms with Gasteiger partial charge in [0, 0.05) is 10.0 Å². The van der Waals surface area contributed by atoms with E-state index in [0.717, 1.165) is 10.8 Å². The molecular weight excluding hydrogens is 296 g/mol. The van der Waals surface area contributed by atoms with Crippen LogP contribution in [0.4, 0.5) is 0 Å². The summed E-state index contributed by atoms with van der Waals surface area (Å²) in [6, 6.07) is 13.3. The summed E-state index contributed by atoms with van der Waals surface area (Å²) in [5.41, 5.74) is 1.00. The van der Waals surface area contributed by atoms with Crippen molar-refractivity contribution in [3.05, 3.63) is 64.1 Å².